The molecule has 0 unspecified atom stereocenters. The zero-order valence-electron chi connectivity index (χ0n) is 27.9. The minimum atomic E-state index is 0.0890. The first-order valence-electron chi connectivity index (χ1n) is 17.0. The van der Waals surface area contributed by atoms with Gasteiger partial charge in [0.1, 0.15) is 23.0 Å². The van der Waals surface area contributed by atoms with Gasteiger partial charge in [0.15, 0.2) is 0 Å². The maximum atomic E-state index is 9.10. The van der Waals surface area contributed by atoms with Gasteiger partial charge in [0.05, 0.1) is 37.6 Å². The number of unbranched alkanes of at least 4 members (excludes halogenated alkanes) is 6. The first kappa shape index (κ1) is 38.3. The largest absolute Gasteiger partial charge is 0.494 e. The van der Waals surface area contributed by atoms with Crippen LogP contribution in [-0.4, -0.2) is 73.3 Å². The number of ether oxygens (including phenoxy) is 4. The molecule has 0 radical (unpaired) electrons. The minimum absolute atomic E-state index is 0.0890. The van der Waals surface area contributed by atoms with Crippen LogP contribution in [0.2, 0.25) is 0 Å². The topological polar surface area (TPSA) is 118 Å². The number of benzene rings is 3. The highest BCUT2D eigenvalue weighted by Crippen LogP contribution is 2.29. The third-order valence-electron chi connectivity index (χ3n) is 7.24. The second-order valence-corrected chi connectivity index (χ2v) is 11.2. The quantitative estimate of drug-likeness (QED) is 0.0783. The van der Waals surface area contributed by atoms with E-state index in [0.29, 0.717) is 61.9 Å². The molecule has 0 bridgehead atoms. The molecule has 8 heteroatoms. The lowest BCUT2D eigenvalue weighted by Crippen LogP contribution is -2.03. The van der Waals surface area contributed by atoms with Crippen molar-refractivity contribution in [1.82, 2.24) is 0 Å². The van der Waals surface area contributed by atoms with Crippen molar-refractivity contribution in [3.05, 3.63) is 82.9 Å². The lowest BCUT2D eigenvalue weighted by molar-refractivity contribution is 0.233. The summed E-state index contributed by atoms with van der Waals surface area (Å²) in [4.78, 5) is 0. The van der Waals surface area contributed by atoms with E-state index in [2.05, 4.69) is 23.7 Å². The zero-order chi connectivity index (χ0) is 34.1. The summed E-state index contributed by atoms with van der Waals surface area (Å²) < 4.78 is 23.8. The fraction of sp³-hybridized carbons (Fsp3) is 0.450. The number of aliphatic hydroxyl groups is 4. The number of aliphatic hydroxyl groups excluding tert-OH is 4. The first-order valence-corrected chi connectivity index (χ1v) is 17.0. The number of hydrogen-bond acceptors (Lipinski definition) is 8. The summed E-state index contributed by atoms with van der Waals surface area (Å²) in [5.41, 5.74) is 3.02. The van der Waals surface area contributed by atoms with Gasteiger partial charge in [-0.25, -0.2) is 0 Å². The highest BCUT2D eigenvalue weighted by molar-refractivity contribution is 5.60. The van der Waals surface area contributed by atoms with Crippen LogP contribution in [0.1, 0.15) is 86.5 Å². The van der Waals surface area contributed by atoms with E-state index in [4.69, 9.17) is 39.4 Å². The molecule has 0 fully saturated rings. The first-order chi connectivity index (χ1) is 23.7. The second-order valence-electron chi connectivity index (χ2n) is 11.2. The van der Waals surface area contributed by atoms with Gasteiger partial charge in [0.2, 0.25) is 0 Å². The van der Waals surface area contributed by atoms with E-state index in [1.807, 2.05) is 60.7 Å². The van der Waals surface area contributed by atoms with Gasteiger partial charge in [-0.15, -0.1) is 0 Å². The van der Waals surface area contributed by atoms with Crippen molar-refractivity contribution in [3.63, 3.8) is 0 Å². The highest BCUT2D eigenvalue weighted by Gasteiger charge is 2.11. The Morgan fingerprint density at radius 1 is 0.375 bits per heavy atom. The van der Waals surface area contributed by atoms with Crippen molar-refractivity contribution in [2.75, 3.05) is 52.9 Å². The minimum Gasteiger partial charge on any atom is -0.494 e. The highest BCUT2D eigenvalue weighted by atomic mass is 16.5. The summed E-state index contributed by atoms with van der Waals surface area (Å²) >= 11 is 0. The molecule has 0 aliphatic rings. The van der Waals surface area contributed by atoms with E-state index in [1.54, 1.807) is 0 Å². The molecule has 0 amide bonds. The van der Waals surface area contributed by atoms with Crippen LogP contribution in [0.4, 0.5) is 0 Å². The number of rotatable bonds is 22. The van der Waals surface area contributed by atoms with Crippen LogP contribution in [0.25, 0.3) is 0 Å². The smallest absolute Gasteiger partial charge is 0.136 e. The molecular formula is C40H50O8. The molecule has 8 nitrogen and oxygen atoms in total. The van der Waals surface area contributed by atoms with E-state index in [1.165, 1.54) is 0 Å². The van der Waals surface area contributed by atoms with Crippen LogP contribution in [0.5, 0.6) is 23.0 Å². The van der Waals surface area contributed by atoms with Crippen molar-refractivity contribution >= 4 is 0 Å². The molecule has 3 aromatic rings. The molecule has 0 aromatic heterocycles. The Morgan fingerprint density at radius 3 is 1.10 bits per heavy atom. The van der Waals surface area contributed by atoms with Gasteiger partial charge in [-0.3, -0.25) is 0 Å². The molecule has 3 aromatic carbocycles. The summed E-state index contributed by atoms with van der Waals surface area (Å²) in [5.74, 6) is 15.7. The molecule has 0 spiro atoms. The van der Waals surface area contributed by atoms with E-state index in [9.17, 15) is 0 Å². The van der Waals surface area contributed by atoms with Crippen molar-refractivity contribution in [3.8, 4) is 46.7 Å². The monoisotopic (exact) mass is 658 g/mol. The molecule has 0 atom stereocenters. The standard InChI is InChI=1S/C40H50O8/c41-23-5-1-3-7-27-47-39-31-36(18-12-34-15-21-38(22-16-34)46-30-10-26-44)40(48-28-8-4-2-6-24-42)32-35(39)17-11-33-13-19-37(20-14-33)45-29-9-25-43/h13-16,19-22,31-32,41-44H,1-10,23-30H2. The van der Waals surface area contributed by atoms with Crippen LogP contribution >= 0.6 is 0 Å². The summed E-state index contributed by atoms with van der Waals surface area (Å²) in [5, 5.41) is 36.2. The van der Waals surface area contributed by atoms with Crippen LogP contribution in [0, 0.1) is 23.7 Å². The molecule has 48 heavy (non-hydrogen) atoms. The third kappa shape index (κ3) is 15.2. The Kier molecular flexibility index (Phi) is 19.2. The Labute approximate surface area is 285 Å². The SMILES string of the molecule is OCCCCCCOc1cc(C#Cc2ccc(OCCCO)cc2)c(OCCCCCCO)cc1C#Cc1ccc(OCCCO)cc1. The van der Waals surface area contributed by atoms with E-state index in [-0.39, 0.29) is 26.4 Å². The third-order valence-corrected chi connectivity index (χ3v) is 7.24. The lowest BCUT2D eigenvalue weighted by Gasteiger charge is -2.14. The molecular weight excluding hydrogens is 608 g/mol. The fourth-order valence-electron chi connectivity index (χ4n) is 4.55. The maximum absolute atomic E-state index is 9.10. The van der Waals surface area contributed by atoms with Gasteiger partial charge in [0, 0.05) is 62.5 Å². The van der Waals surface area contributed by atoms with Crippen LogP contribution < -0.4 is 18.9 Å². The van der Waals surface area contributed by atoms with E-state index >= 15 is 0 Å². The van der Waals surface area contributed by atoms with Crippen molar-refractivity contribution < 1.29 is 39.4 Å². The predicted octanol–water partition coefficient (Wildman–Crippen LogP) is 5.87. The molecule has 4 N–H and O–H groups in total. The maximum Gasteiger partial charge on any atom is 0.136 e. The van der Waals surface area contributed by atoms with Crippen LogP contribution in [0.15, 0.2) is 60.7 Å². The summed E-state index contributed by atoms with van der Waals surface area (Å²) in [6.07, 6.45) is 8.22. The summed E-state index contributed by atoms with van der Waals surface area (Å²) in [6.45, 7) is 2.49. The van der Waals surface area contributed by atoms with Crippen LogP contribution in [-0.2, 0) is 0 Å². The van der Waals surface area contributed by atoms with Gasteiger partial charge in [-0.1, -0.05) is 36.5 Å². The normalized spacial score (nSPS) is 10.4. The molecule has 0 saturated carbocycles. The predicted molar refractivity (Wildman–Crippen MR) is 188 cm³/mol. The van der Waals surface area contributed by atoms with E-state index in [0.717, 1.165) is 74.0 Å². The number of hydrogen-bond donors (Lipinski definition) is 4. The van der Waals surface area contributed by atoms with E-state index < -0.39 is 0 Å². The molecule has 0 aliphatic heterocycles. The molecule has 258 valence electrons. The molecule has 0 aliphatic carbocycles. The molecule has 3 rings (SSSR count). The van der Waals surface area contributed by atoms with Crippen molar-refractivity contribution in [2.45, 2.75) is 64.2 Å². The van der Waals surface area contributed by atoms with Gasteiger partial charge in [-0.2, -0.15) is 0 Å². The van der Waals surface area contributed by atoms with Gasteiger partial charge < -0.3 is 39.4 Å². The van der Waals surface area contributed by atoms with Gasteiger partial charge in [-0.05, 0) is 87.1 Å². The Balaban J connectivity index is 1.89. The Morgan fingerprint density at radius 2 is 0.729 bits per heavy atom. The average molecular weight is 659 g/mol. The van der Waals surface area contributed by atoms with Crippen molar-refractivity contribution in [2.24, 2.45) is 0 Å². The Bertz CT molecular complexity index is 1320. The average Bonchev–Trinajstić information content (AvgIpc) is 3.11. The van der Waals surface area contributed by atoms with Crippen molar-refractivity contribution in [1.29, 1.82) is 0 Å². The summed E-state index contributed by atoms with van der Waals surface area (Å²) in [6, 6.07) is 18.8. The Hall–Kier alpha value is -4.18. The second kappa shape index (κ2) is 24.0. The van der Waals surface area contributed by atoms with Gasteiger partial charge in [0.25, 0.3) is 0 Å². The molecule has 0 heterocycles. The lowest BCUT2D eigenvalue weighted by atomic mass is 10.1. The molecule has 0 saturated heterocycles. The fourth-order valence-corrected chi connectivity index (χ4v) is 4.55. The zero-order valence-corrected chi connectivity index (χ0v) is 27.9. The van der Waals surface area contributed by atoms with Gasteiger partial charge >= 0.3 is 0 Å². The van der Waals surface area contributed by atoms with Crippen LogP contribution in [0.3, 0.4) is 0 Å². The summed E-state index contributed by atoms with van der Waals surface area (Å²) in [7, 11) is 0.